The van der Waals surface area contributed by atoms with Crippen molar-refractivity contribution in [1.29, 1.82) is 0 Å². The molecule has 0 fully saturated rings. The van der Waals surface area contributed by atoms with E-state index >= 15 is 0 Å². The Morgan fingerprint density at radius 2 is 2.37 bits per heavy atom. The van der Waals surface area contributed by atoms with Gasteiger partial charge in [-0.1, -0.05) is 17.9 Å². The Hall–Kier alpha value is -2.58. The van der Waals surface area contributed by atoms with Crippen molar-refractivity contribution in [3.8, 4) is 11.8 Å². The van der Waals surface area contributed by atoms with E-state index in [2.05, 4.69) is 27.1 Å². The molecule has 0 aliphatic rings. The number of nitrogens with zero attached hydrogens (tertiary/aromatic N) is 1. The summed E-state index contributed by atoms with van der Waals surface area (Å²) in [6.07, 6.45) is 3.22. The predicted molar refractivity (Wildman–Crippen MR) is 73.7 cm³/mol. The molecule has 0 saturated heterocycles. The first-order valence-electron chi connectivity index (χ1n) is 5.81. The second-order valence-electron chi connectivity index (χ2n) is 3.93. The highest BCUT2D eigenvalue weighted by Crippen LogP contribution is 2.12. The van der Waals surface area contributed by atoms with Crippen LogP contribution in [-0.2, 0) is 0 Å². The number of aromatic amines is 1. The average Bonchev–Trinajstić information content (AvgIpc) is 2.90. The lowest BCUT2D eigenvalue weighted by molar-refractivity contribution is 0.102. The first-order chi connectivity index (χ1) is 9.20. The molecule has 0 aliphatic heterocycles. The number of hydrogen-bond donors (Lipinski definition) is 3. The number of aryl methyl sites for hydroxylation is 1. The van der Waals surface area contributed by atoms with E-state index in [4.69, 9.17) is 5.73 Å². The lowest BCUT2D eigenvalue weighted by Crippen LogP contribution is -2.14. The topological polar surface area (TPSA) is 83.8 Å². The molecule has 2 aromatic rings. The molecule has 0 unspecified atom stereocenters. The maximum atomic E-state index is 12.1. The molecule has 4 N–H and O–H groups in total. The van der Waals surface area contributed by atoms with Gasteiger partial charge in [0.2, 0.25) is 5.95 Å². The van der Waals surface area contributed by atoms with E-state index in [1.54, 1.807) is 18.5 Å². The van der Waals surface area contributed by atoms with Crippen LogP contribution < -0.4 is 11.1 Å². The van der Waals surface area contributed by atoms with Crippen LogP contribution in [0.1, 0.15) is 21.5 Å². The number of hydrogen-bond acceptors (Lipinski definition) is 3. The molecule has 0 bridgehead atoms. The van der Waals surface area contributed by atoms with Crippen LogP contribution in [0.3, 0.4) is 0 Å². The summed E-state index contributed by atoms with van der Waals surface area (Å²) in [4.78, 5) is 18.9. The molecule has 0 atom stereocenters. The summed E-state index contributed by atoms with van der Waals surface area (Å²) in [5.74, 6) is 5.87. The Morgan fingerprint density at radius 1 is 1.53 bits per heavy atom. The van der Waals surface area contributed by atoms with E-state index in [1.807, 2.05) is 19.1 Å². The van der Waals surface area contributed by atoms with Crippen molar-refractivity contribution in [3.05, 3.63) is 47.3 Å². The van der Waals surface area contributed by atoms with Gasteiger partial charge < -0.3 is 10.7 Å². The fraction of sp³-hybridized carbons (Fsp3) is 0.143. The summed E-state index contributed by atoms with van der Waals surface area (Å²) >= 11 is 0. The van der Waals surface area contributed by atoms with Crippen LogP contribution in [0.5, 0.6) is 0 Å². The Labute approximate surface area is 111 Å². The van der Waals surface area contributed by atoms with Crippen molar-refractivity contribution in [2.24, 2.45) is 5.73 Å². The quantitative estimate of drug-likeness (QED) is 0.706. The van der Waals surface area contributed by atoms with Crippen LogP contribution >= 0.6 is 0 Å². The highest BCUT2D eigenvalue weighted by molar-refractivity contribution is 6.04. The molecule has 5 heteroatoms. The number of nitrogens with one attached hydrogen (secondary N) is 2. The minimum Gasteiger partial charge on any atom is -0.331 e. The van der Waals surface area contributed by atoms with E-state index < -0.39 is 0 Å². The fourth-order valence-corrected chi connectivity index (χ4v) is 1.61. The van der Waals surface area contributed by atoms with E-state index in [1.165, 1.54) is 0 Å². The predicted octanol–water partition coefficient (Wildman–Crippen LogP) is 1.28. The zero-order valence-electron chi connectivity index (χ0n) is 10.5. The highest BCUT2D eigenvalue weighted by atomic mass is 16.1. The third-order valence-corrected chi connectivity index (χ3v) is 2.55. The normalized spacial score (nSPS) is 9.58. The van der Waals surface area contributed by atoms with Gasteiger partial charge in [0, 0.05) is 23.5 Å². The van der Waals surface area contributed by atoms with Gasteiger partial charge in [0.1, 0.15) is 0 Å². The maximum Gasteiger partial charge on any atom is 0.258 e. The number of imidazole rings is 1. The molecular weight excluding hydrogens is 240 g/mol. The molecule has 5 nitrogen and oxygen atoms in total. The van der Waals surface area contributed by atoms with Gasteiger partial charge in [0.05, 0.1) is 6.54 Å². The number of amides is 1. The number of nitrogens with two attached hydrogens (primary N) is 1. The summed E-state index contributed by atoms with van der Waals surface area (Å²) in [6.45, 7) is 2.17. The molecule has 2 rings (SSSR count). The van der Waals surface area contributed by atoms with Gasteiger partial charge in [-0.05, 0) is 24.6 Å². The summed E-state index contributed by atoms with van der Waals surface area (Å²) in [7, 11) is 0. The number of rotatable bonds is 2. The third kappa shape index (κ3) is 3.21. The molecule has 0 radical (unpaired) electrons. The van der Waals surface area contributed by atoms with E-state index in [0.29, 0.717) is 18.1 Å². The van der Waals surface area contributed by atoms with Gasteiger partial charge in [0.25, 0.3) is 5.91 Å². The molecule has 1 heterocycles. The largest absolute Gasteiger partial charge is 0.331 e. The van der Waals surface area contributed by atoms with Crippen LogP contribution in [0.2, 0.25) is 0 Å². The smallest absolute Gasteiger partial charge is 0.258 e. The monoisotopic (exact) mass is 254 g/mol. The summed E-state index contributed by atoms with van der Waals surface area (Å²) in [5.41, 5.74) is 7.54. The van der Waals surface area contributed by atoms with Crippen molar-refractivity contribution in [2.45, 2.75) is 6.92 Å². The van der Waals surface area contributed by atoms with Crippen molar-refractivity contribution < 1.29 is 4.79 Å². The van der Waals surface area contributed by atoms with Gasteiger partial charge in [-0.2, -0.15) is 0 Å². The molecule has 96 valence electrons. The maximum absolute atomic E-state index is 12.1. The zero-order valence-corrected chi connectivity index (χ0v) is 10.5. The van der Waals surface area contributed by atoms with Crippen molar-refractivity contribution in [3.63, 3.8) is 0 Å². The van der Waals surface area contributed by atoms with E-state index in [9.17, 15) is 4.79 Å². The van der Waals surface area contributed by atoms with Crippen molar-refractivity contribution in [2.75, 3.05) is 11.9 Å². The standard InChI is InChI=1S/C14H14N4O/c1-10-4-5-11(3-2-6-15)9-12(10)13(19)18-14-16-7-8-17-14/h4-5,7-9H,6,15H2,1H3,(H2,16,17,18,19). The molecule has 0 spiro atoms. The molecule has 19 heavy (non-hydrogen) atoms. The van der Waals surface area contributed by atoms with Gasteiger partial charge in [-0.3, -0.25) is 10.1 Å². The van der Waals surface area contributed by atoms with E-state index in [0.717, 1.165) is 11.1 Å². The summed E-state index contributed by atoms with van der Waals surface area (Å²) in [6, 6.07) is 5.47. The molecule has 1 aromatic heterocycles. The van der Waals surface area contributed by atoms with Crippen LogP contribution in [0.4, 0.5) is 5.95 Å². The number of carbonyl (C=O) groups is 1. The Balaban J connectivity index is 2.25. The number of aromatic nitrogens is 2. The number of carbonyl (C=O) groups excluding carboxylic acids is 1. The number of benzene rings is 1. The SMILES string of the molecule is Cc1ccc(C#CCN)cc1C(=O)Nc1ncc[nH]1. The lowest BCUT2D eigenvalue weighted by Gasteiger charge is -2.06. The summed E-state index contributed by atoms with van der Waals surface area (Å²) < 4.78 is 0. The minimum atomic E-state index is -0.219. The fourth-order valence-electron chi connectivity index (χ4n) is 1.61. The average molecular weight is 254 g/mol. The second kappa shape index (κ2) is 5.85. The minimum absolute atomic E-state index is 0.219. The molecule has 1 amide bonds. The van der Waals surface area contributed by atoms with Crippen LogP contribution in [0, 0.1) is 18.8 Å². The van der Waals surface area contributed by atoms with Crippen molar-refractivity contribution in [1.82, 2.24) is 9.97 Å². The van der Waals surface area contributed by atoms with Gasteiger partial charge in [-0.15, -0.1) is 0 Å². The summed E-state index contributed by atoms with van der Waals surface area (Å²) in [5, 5.41) is 2.68. The lowest BCUT2D eigenvalue weighted by atomic mass is 10.0. The Morgan fingerprint density at radius 3 is 3.05 bits per heavy atom. The van der Waals surface area contributed by atoms with Gasteiger partial charge in [0.15, 0.2) is 0 Å². The van der Waals surface area contributed by atoms with E-state index in [-0.39, 0.29) is 5.91 Å². The van der Waals surface area contributed by atoms with Gasteiger partial charge >= 0.3 is 0 Å². The Kier molecular flexibility index (Phi) is 3.96. The van der Waals surface area contributed by atoms with Crippen molar-refractivity contribution >= 4 is 11.9 Å². The van der Waals surface area contributed by atoms with Crippen LogP contribution in [-0.4, -0.2) is 22.4 Å². The number of anilines is 1. The van der Waals surface area contributed by atoms with Gasteiger partial charge in [-0.25, -0.2) is 4.98 Å². The molecule has 1 aromatic carbocycles. The Bertz CT molecular complexity index is 635. The highest BCUT2D eigenvalue weighted by Gasteiger charge is 2.10. The first-order valence-corrected chi connectivity index (χ1v) is 5.81. The molecular formula is C14H14N4O. The molecule has 0 saturated carbocycles. The third-order valence-electron chi connectivity index (χ3n) is 2.55. The first kappa shape index (κ1) is 12.9. The van der Waals surface area contributed by atoms with Crippen LogP contribution in [0.15, 0.2) is 30.6 Å². The second-order valence-corrected chi connectivity index (χ2v) is 3.93. The number of H-pyrrole nitrogens is 1. The molecule has 0 aliphatic carbocycles. The zero-order chi connectivity index (χ0) is 13.7. The van der Waals surface area contributed by atoms with Crippen LogP contribution in [0.25, 0.3) is 0 Å².